The Labute approximate surface area is 135 Å². The number of benzene rings is 1. The lowest BCUT2D eigenvalue weighted by Crippen LogP contribution is -2.43. The molecule has 6 heteroatoms. The Bertz CT molecular complexity index is 503. The molecule has 0 aliphatic carbocycles. The van der Waals surface area contributed by atoms with E-state index in [2.05, 4.69) is 49.2 Å². The van der Waals surface area contributed by atoms with Gasteiger partial charge in [0.25, 0.3) is 5.91 Å². The molecule has 1 aromatic rings. The minimum Gasteiger partial charge on any atom is -0.359 e. The van der Waals surface area contributed by atoms with Gasteiger partial charge in [0, 0.05) is 21.6 Å². The van der Waals surface area contributed by atoms with Gasteiger partial charge in [0.15, 0.2) is 0 Å². The van der Waals surface area contributed by atoms with Gasteiger partial charge in [0.1, 0.15) is 0 Å². The van der Waals surface area contributed by atoms with Crippen LogP contribution in [0.1, 0.15) is 24.2 Å². The lowest BCUT2D eigenvalue weighted by molar-refractivity contribution is -0.128. The normalized spacial score (nSPS) is 11.0. The fraction of sp³-hybridized carbons (Fsp3) is 0.385. The van der Waals surface area contributed by atoms with E-state index in [1.807, 2.05) is 12.1 Å². The van der Waals surface area contributed by atoms with E-state index in [-0.39, 0.29) is 18.4 Å². The molecule has 0 saturated carbocycles. The first-order chi connectivity index (χ1) is 8.77. The van der Waals surface area contributed by atoms with Crippen LogP contribution in [0, 0.1) is 8.99 Å². The Kier molecular flexibility index (Phi) is 5.79. The Morgan fingerprint density at radius 1 is 1.37 bits per heavy atom. The fourth-order valence-electron chi connectivity index (χ4n) is 1.49. The number of carbonyl (C=O) groups is 2. The van der Waals surface area contributed by atoms with Gasteiger partial charge in [-0.1, -0.05) is 15.9 Å². The molecule has 0 aliphatic heterocycles. The maximum atomic E-state index is 12.1. The molecule has 0 fully saturated rings. The molecule has 0 heterocycles. The third-order valence-corrected chi connectivity index (χ3v) is 4.14. The zero-order chi connectivity index (χ0) is 14.6. The van der Waals surface area contributed by atoms with Crippen LogP contribution >= 0.6 is 38.5 Å². The monoisotopic (exact) mass is 438 g/mol. The molecule has 2 N–H and O–H groups in total. The topological polar surface area (TPSA) is 58.2 Å². The Hall–Kier alpha value is -0.630. The van der Waals surface area contributed by atoms with Gasteiger partial charge in [-0.3, -0.25) is 9.59 Å². The van der Waals surface area contributed by atoms with Crippen LogP contribution in [-0.4, -0.2) is 25.4 Å². The molecule has 19 heavy (non-hydrogen) atoms. The van der Waals surface area contributed by atoms with Crippen molar-refractivity contribution in [2.24, 2.45) is 5.41 Å². The summed E-state index contributed by atoms with van der Waals surface area (Å²) in [7, 11) is 1.59. The lowest BCUT2D eigenvalue weighted by atomic mass is 9.92. The van der Waals surface area contributed by atoms with E-state index in [0.717, 1.165) is 8.04 Å². The molecule has 0 radical (unpaired) electrons. The molecule has 0 bridgehead atoms. The number of amides is 2. The van der Waals surface area contributed by atoms with Gasteiger partial charge >= 0.3 is 0 Å². The summed E-state index contributed by atoms with van der Waals surface area (Å²) in [5.74, 6) is -0.278. The van der Waals surface area contributed by atoms with E-state index >= 15 is 0 Å². The van der Waals surface area contributed by atoms with Gasteiger partial charge in [-0.05, 0) is 54.6 Å². The second kappa shape index (κ2) is 6.69. The highest BCUT2D eigenvalue weighted by atomic mass is 127. The van der Waals surface area contributed by atoms with Crippen LogP contribution in [0.4, 0.5) is 0 Å². The molecule has 104 valence electrons. The first-order valence-electron chi connectivity index (χ1n) is 5.73. The molecule has 2 amide bonds. The Balaban J connectivity index is 2.76. The summed E-state index contributed by atoms with van der Waals surface area (Å²) in [6.07, 6.45) is 0. The molecule has 1 rings (SSSR count). The number of hydrogen-bond donors (Lipinski definition) is 2. The molecule has 0 spiro atoms. The van der Waals surface area contributed by atoms with Crippen LogP contribution in [0.15, 0.2) is 22.7 Å². The summed E-state index contributed by atoms with van der Waals surface area (Å²) < 4.78 is 1.72. The summed E-state index contributed by atoms with van der Waals surface area (Å²) >= 11 is 5.45. The fourth-order valence-corrected chi connectivity index (χ4v) is 2.43. The van der Waals surface area contributed by atoms with Crippen LogP contribution < -0.4 is 10.6 Å². The number of halogens is 2. The molecule has 1 aromatic carbocycles. The maximum absolute atomic E-state index is 12.1. The molecular weight excluding hydrogens is 423 g/mol. The molecule has 0 aliphatic rings. The van der Waals surface area contributed by atoms with Crippen molar-refractivity contribution < 1.29 is 9.59 Å². The number of carbonyl (C=O) groups excluding carboxylic acids is 2. The van der Waals surface area contributed by atoms with Crippen molar-refractivity contribution in [3.63, 3.8) is 0 Å². The van der Waals surface area contributed by atoms with E-state index in [9.17, 15) is 9.59 Å². The quantitative estimate of drug-likeness (QED) is 0.709. The second-order valence-electron chi connectivity index (χ2n) is 4.77. The summed E-state index contributed by atoms with van der Waals surface area (Å²) in [6, 6.07) is 5.51. The van der Waals surface area contributed by atoms with Gasteiger partial charge in [0.05, 0.1) is 11.0 Å². The summed E-state index contributed by atoms with van der Waals surface area (Å²) in [5, 5.41) is 5.39. The van der Waals surface area contributed by atoms with Crippen molar-refractivity contribution in [2.45, 2.75) is 13.8 Å². The predicted octanol–water partition coefficient (Wildman–Crippen LogP) is 2.56. The summed E-state index contributed by atoms with van der Waals surface area (Å²) in [6.45, 7) is 3.87. The number of nitrogens with one attached hydrogen (secondary N) is 2. The molecule has 0 atom stereocenters. The third-order valence-electron chi connectivity index (χ3n) is 2.71. The SMILES string of the molecule is CNC(=O)C(C)(C)CNC(=O)c1cc(Br)ccc1I. The second-order valence-corrected chi connectivity index (χ2v) is 6.85. The average molecular weight is 439 g/mol. The number of hydrogen-bond acceptors (Lipinski definition) is 2. The number of rotatable bonds is 4. The van der Waals surface area contributed by atoms with Crippen LogP contribution in [-0.2, 0) is 4.79 Å². The largest absolute Gasteiger partial charge is 0.359 e. The van der Waals surface area contributed by atoms with Crippen molar-refractivity contribution in [2.75, 3.05) is 13.6 Å². The highest BCUT2D eigenvalue weighted by Gasteiger charge is 2.27. The average Bonchev–Trinajstić information content (AvgIpc) is 2.37. The standard InChI is InChI=1S/C13H16BrIN2O2/c1-13(2,12(19)16-3)7-17-11(18)9-6-8(14)4-5-10(9)15/h4-6H,7H2,1-3H3,(H,16,19)(H,17,18). The zero-order valence-corrected chi connectivity index (χ0v) is 14.8. The van der Waals surface area contributed by atoms with E-state index in [1.54, 1.807) is 27.0 Å². The van der Waals surface area contributed by atoms with Crippen molar-refractivity contribution >= 4 is 50.3 Å². The van der Waals surface area contributed by atoms with Crippen LogP contribution in [0.2, 0.25) is 0 Å². The van der Waals surface area contributed by atoms with E-state index in [4.69, 9.17) is 0 Å². The van der Waals surface area contributed by atoms with E-state index in [1.165, 1.54) is 0 Å². The van der Waals surface area contributed by atoms with Crippen molar-refractivity contribution in [3.05, 3.63) is 31.8 Å². The lowest BCUT2D eigenvalue weighted by Gasteiger charge is -2.23. The molecule has 4 nitrogen and oxygen atoms in total. The first kappa shape index (κ1) is 16.4. The van der Waals surface area contributed by atoms with E-state index in [0.29, 0.717) is 5.56 Å². The van der Waals surface area contributed by atoms with Crippen molar-refractivity contribution in [1.82, 2.24) is 10.6 Å². The van der Waals surface area contributed by atoms with Crippen LogP contribution in [0.25, 0.3) is 0 Å². The third kappa shape index (κ3) is 4.45. The highest BCUT2D eigenvalue weighted by molar-refractivity contribution is 14.1. The van der Waals surface area contributed by atoms with Crippen LogP contribution in [0.3, 0.4) is 0 Å². The van der Waals surface area contributed by atoms with E-state index < -0.39 is 5.41 Å². The Morgan fingerprint density at radius 3 is 2.58 bits per heavy atom. The summed E-state index contributed by atoms with van der Waals surface area (Å²) in [4.78, 5) is 23.7. The molecular formula is C13H16BrIN2O2. The zero-order valence-electron chi connectivity index (χ0n) is 11.0. The van der Waals surface area contributed by atoms with Gasteiger partial charge < -0.3 is 10.6 Å². The van der Waals surface area contributed by atoms with Crippen LogP contribution in [0.5, 0.6) is 0 Å². The van der Waals surface area contributed by atoms with Gasteiger partial charge in [-0.15, -0.1) is 0 Å². The molecule has 0 aromatic heterocycles. The first-order valence-corrected chi connectivity index (χ1v) is 7.60. The van der Waals surface area contributed by atoms with Crippen molar-refractivity contribution in [3.8, 4) is 0 Å². The Morgan fingerprint density at radius 2 is 2.00 bits per heavy atom. The summed E-state index contributed by atoms with van der Waals surface area (Å²) in [5.41, 5.74) is -0.0373. The maximum Gasteiger partial charge on any atom is 0.252 e. The molecule has 0 unspecified atom stereocenters. The molecule has 0 saturated heterocycles. The van der Waals surface area contributed by atoms with Gasteiger partial charge in [-0.2, -0.15) is 0 Å². The highest BCUT2D eigenvalue weighted by Crippen LogP contribution is 2.19. The minimum atomic E-state index is -0.637. The van der Waals surface area contributed by atoms with Gasteiger partial charge in [0.2, 0.25) is 5.91 Å². The smallest absolute Gasteiger partial charge is 0.252 e. The van der Waals surface area contributed by atoms with Crippen molar-refractivity contribution in [1.29, 1.82) is 0 Å². The minimum absolute atomic E-state index is 0.100. The predicted molar refractivity (Wildman–Crippen MR) is 87.0 cm³/mol. The van der Waals surface area contributed by atoms with Gasteiger partial charge in [-0.25, -0.2) is 0 Å².